The summed E-state index contributed by atoms with van der Waals surface area (Å²) in [5.41, 5.74) is 2.99. The Balaban J connectivity index is 2.00. The molecule has 2 aromatic rings. The van der Waals surface area contributed by atoms with Crippen LogP contribution in [0, 0.1) is 6.92 Å². The molecule has 6 heteroatoms. The van der Waals surface area contributed by atoms with E-state index >= 15 is 0 Å². The number of carbonyl (C=O) groups excluding carboxylic acids is 1. The van der Waals surface area contributed by atoms with Gasteiger partial charge in [-0.05, 0) is 30.7 Å². The van der Waals surface area contributed by atoms with Crippen LogP contribution in [0.5, 0.6) is 0 Å². The molecule has 1 aromatic heterocycles. The van der Waals surface area contributed by atoms with Gasteiger partial charge in [-0.25, -0.2) is 15.0 Å². The Hall–Kier alpha value is -2.60. The number of nitrogens with zero attached hydrogens (tertiary/aromatic N) is 4. The first-order valence-corrected chi connectivity index (χ1v) is 7.44. The Morgan fingerprint density at radius 2 is 2.13 bits per heavy atom. The van der Waals surface area contributed by atoms with Crippen LogP contribution in [0.2, 0.25) is 0 Å². The molecule has 3 rings (SSSR count). The highest BCUT2D eigenvalue weighted by Gasteiger charge is 2.27. The van der Waals surface area contributed by atoms with Crippen molar-refractivity contribution in [2.24, 2.45) is 0 Å². The van der Waals surface area contributed by atoms with Crippen molar-refractivity contribution >= 4 is 5.91 Å². The minimum Gasteiger partial charge on any atom is -0.377 e. The van der Waals surface area contributed by atoms with Gasteiger partial charge in [-0.1, -0.05) is 18.2 Å². The lowest BCUT2D eigenvalue weighted by Gasteiger charge is -2.35. The Kier molecular flexibility index (Phi) is 4.43. The van der Waals surface area contributed by atoms with Crippen LogP contribution in [0.3, 0.4) is 0 Å². The topological polar surface area (TPSA) is 68.2 Å². The lowest BCUT2D eigenvalue weighted by molar-refractivity contribution is -0.134. The van der Waals surface area contributed by atoms with Crippen LogP contribution in [0.15, 0.2) is 43.5 Å². The highest BCUT2D eigenvalue weighted by atomic mass is 16.5. The zero-order valence-electron chi connectivity index (χ0n) is 13.0. The Morgan fingerprint density at radius 3 is 2.87 bits per heavy atom. The van der Waals surface area contributed by atoms with Crippen LogP contribution in [0.4, 0.5) is 0 Å². The fourth-order valence-electron chi connectivity index (χ4n) is 2.78. The minimum atomic E-state index is -0.130. The van der Waals surface area contributed by atoms with Gasteiger partial charge in [0.05, 0.1) is 19.3 Å². The van der Waals surface area contributed by atoms with Crippen LogP contribution >= 0.6 is 0 Å². The number of carbonyl (C=O) groups is 1. The minimum absolute atomic E-state index is 0.0819. The van der Waals surface area contributed by atoms with Gasteiger partial charge in [-0.2, -0.15) is 0 Å². The fourth-order valence-corrected chi connectivity index (χ4v) is 2.78. The second kappa shape index (κ2) is 6.66. The molecule has 1 aromatic carbocycles. The van der Waals surface area contributed by atoms with Crippen molar-refractivity contribution in [3.8, 4) is 11.4 Å². The van der Waals surface area contributed by atoms with Crippen LogP contribution in [-0.4, -0.2) is 45.5 Å². The number of amides is 1. The maximum Gasteiger partial charge on any atom is 0.246 e. The summed E-state index contributed by atoms with van der Waals surface area (Å²) in [7, 11) is 0. The van der Waals surface area contributed by atoms with Gasteiger partial charge in [0.15, 0.2) is 5.82 Å². The number of rotatable bonds is 3. The smallest absolute Gasteiger partial charge is 0.246 e. The molecule has 0 spiro atoms. The number of aromatic nitrogens is 3. The van der Waals surface area contributed by atoms with Gasteiger partial charge in [0.25, 0.3) is 0 Å². The molecule has 1 saturated heterocycles. The van der Waals surface area contributed by atoms with E-state index in [4.69, 9.17) is 4.74 Å². The van der Waals surface area contributed by atoms with E-state index in [0.29, 0.717) is 25.6 Å². The van der Waals surface area contributed by atoms with Gasteiger partial charge in [0.2, 0.25) is 5.91 Å². The molecule has 1 aliphatic heterocycles. The molecule has 1 aliphatic rings. The maximum absolute atomic E-state index is 12.1. The van der Waals surface area contributed by atoms with Gasteiger partial charge in [0.1, 0.15) is 12.7 Å². The number of hydrogen-bond acceptors (Lipinski definition) is 5. The first kappa shape index (κ1) is 15.3. The molecule has 23 heavy (non-hydrogen) atoms. The molecule has 6 nitrogen and oxygen atoms in total. The maximum atomic E-state index is 12.1. The summed E-state index contributed by atoms with van der Waals surface area (Å²) < 4.78 is 5.58. The van der Waals surface area contributed by atoms with Crippen molar-refractivity contribution < 1.29 is 9.53 Å². The molecule has 0 saturated carbocycles. The molecule has 0 N–H and O–H groups in total. The predicted octanol–water partition coefficient (Wildman–Crippen LogP) is 1.93. The second-order valence-corrected chi connectivity index (χ2v) is 5.42. The van der Waals surface area contributed by atoms with Crippen molar-refractivity contribution in [1.82, 2.24) is 19.9 Å². The van der Waals surface area contributed by atoms with Crippen LogP contribution < -0.4 is 0 Å². The lowest BCUT2D eigenvalue weighted by Crippen LogP contribution is -2.42. The SMILES string of the molecule is C=CC(=O)N1CCOC[C@H]1c1cc(C)cc(-c2ncncn2)c1. The zero-order chi connectivity index (χ0) is 16.2. The molecule has 1 atom stereocenters. The Bertz CT molecular complexity index is 718. The predicted molar refractivity (Wildman–Crippen MR) is 85.5 cm³/mol. The lowest BCUT2D eigenvalue weighted by atomic mass is 9.99. The first-order valence-electron chi connectivity index (χ1n) is 7.44. The van der Waals surface area contributed by atoms with Gasteiger partial charge in [0, 0.05) is 12.1 Å². The molecule has 1 amide bonds. The quantitative estimate of drug-likeness (QED) is 0.810. The Morgan fingerprint density at radius 1 is 1.35 bits per heavy atom. The normalized spacial score (nSPS) is 17.8. The van der Waals surface area contributed by atoms with Crippen molar-refractivity contribution in [3.63, 3.8) is 0 Å². The monoisotopic (exact) mass is 310 g/mol. The van der Waals surface area contributed by atoms with E-state index in [9.17, 15) is 4.79 Å². The van der Waals surface area contributed by atoms with Crippen molar-refractivity contribution in [2.75, 3.05) is 19.8 Å². The average molecular weight is 310 g/mol. The third kappa shape index (κ3) is 3.27. The standard InChI is InChI=1S/C17H18N4O2/c1-3-16(22)21-4-5-23-9-15(21)13-6-12(2)7-14(8-13)17-19-10-18-11-20-17/h3,6-8,10-11,15H,1,4-5,9H2,2H3/t15-/m0/s1. The van der Waals surface area contributed by atoms with E-state index in [1.54, 1.807) is 4.90 Å². The molecular formula is C17H18N4O2. The summed E-state index contributed by atoms with van der Waals surface area (Å²) in [6, 6.07) is 5.95. The third-order valence-corrected chi connectivity index (χ3v) is 3.82. The van der Waals surface area contributed by atoms with Crippen LogP contribution in [0.1, 0.15) is 17.2 Å². The summed E-state index contributed by atoms with van der Waals surface area (Å²) in [6.07, 6.45) is 4.30. The summed E-state index contributed by atoms with van der Waals surface area (Å²) in [5, 5.41) is 0. The molecule has 0 bridgehead atoms. The van der Waals surface area contributed by atoms with Crippen molar-refractivity contribution in [3.05, 3.63) is 54.6 Å². The van der Waals surface area contributed by atoms with Gasteiger partial charge < -0.3 is 9.64 Å². The van der Waals surface area contributed by atoms with E-state index in [1.807, 2.05) is 19.1 Å². The summed E-state index contributed by atoms with van der Waals surface area (Å²) in [5.74, 6) is 0.532. The number of hydrogen-bond donors (Lipinski definition) is 0. The zero-order valence-corrected chi connectivity index (χ0v) is 13.0. The molecule has 0 aliphatic carbocycles. The second-order valence-electron chi connectivity index (χ2n) is 5.42. The highest BCUT2D eigenvalue weighted by molar-refractivity contribution is 5.87. The van der Waals surface area contributed by atoms with Crippen LogP contribution in [0.25, 0.3) is 11.4 Å². The summed E-state index contributed by atoms with van der Waals surface area (Å²) in [4.78, 5) is 26.1. The van der Waals surface area contributed by atoms with E-state index in [2.05, 4.69) is 27.6 Å². The number of morpholine rings is 1. The van der Waals surface area contributed by atoms with Crippen molar-refractivity contribution in [1.29, 1.82) is 0 Å². The largest absolute Gasteiger partial charge is 0.377 e. The number of aryl methyl sites for hydroxylation is 1. The molecular weight excluding hydrogens is 292 g/mol. The van der Waals surface area contributed by atoms with Crippen LogP contribution in [-0.2, 0) is 9.53 Å². The molecule has 0 radical (unpaired) electrons. The first-order chi connectivity index (χ1) is 11.2. The number of benzene rings is 1. The Labute approximate surface area is 134 Å². The molecule has 0 unspecified atom stereocenters. The van der Waals surface area contributed by atoms with E-state index in [-0.39, 0.29) is 11.9 Å². The van der Waals surface area contributed by atoms with Crippen molar-refractivity contribution in [2.45, 2.75) is 13.0 Å². The highest BCUT2D eigenvalue weighted by Crippen LogP contribution is 2.28. The molecule has 2 heterocycles. The molecule has 1 fully saturated rings. The van der Waals surface area contributed by atoms with E-state index in [0.717, 1.165) is 16.7 Å². The van der Waals surface area contributed by atoms with Gasteiger partial charge in [-0.3, -0.25) is 4.79 Å². The average Bonchev–Trinajstić information content (AvgIpc) is 2.61. The van der Waals surface area contributed by atoms with Gasteiger partial charge >= 0.3 is 0 Å². The summed E-state index contributed by atoms with van der Waals surface area (Å²) >= 11 is 0. The van der Waals surface area contributed by atoms with E-state index in [1.165, 1.54) is 18.7 Å². The fraction of sp³-hybridized carbons (Fsp3) is 0.294. The summed E-state index contributed by atoms with van der Waals surface area (Å²) in [6.45, 7) is 7.17. The van der Waals surface area contributed by atoms with Gasteiger partial charge in [-0.15, -0.1) is 0 Å². The number of ether oxygens (including phenoxy) is 1. The van der Waals surface area contributed by atoms with E-state index < -0.39 is 0 Å². The molecule has 118 valence electrons. The third-order valence-electron chi connectivity index (χ3n) is 3.82.